The standard InChI is InChI=1S/C16H17BrN2OS/c1-10-18-13(9-21-10)11-4-5-14-12(8-11)6-7-19(14)15(20)16(2,3)17/h4-5,8-9H,6-7H2,1-3H3. The smallest absolute Gasteiger partial charge is 0.243 e. The van der Waals surface area contributed by atoms with Crippen molar-refractivity contribution in [1.29, 1.82) is 0 Å². The average Bonchev–Trinajstić information content (AvgIpc) is 3.02. The lowest BCUT2D eigenvalue weighted by atomic mass is 10.1. The van der Waals surface area contributed by atoms with Gasteiger partial charge in [0.1, 0.15) is 0 Å². The second kappa shape index (κ2) is 5.21. The molecular formula is C16H17BrN2OS. The number of anilines is 1. The van der Waals surface area contributed by atoms with Gasteiger partial charge in [-0.05, 0) is 44.9 Å². The van der Waals surface area contributed by atoms with Crippen molar-refractivity contribution in [3.8, 4) is 11.3 Å². The van der Waals surface area contributed by atoms with E-state index in [1.165, 1.54) is 5.56 Å². The number of benzene rings is 1. The topological polar surface area (TPSA) is 33.2 Å². The summed E-state index contributed by atoms with van der Waals surface area (Å²) < 4.78 is -0.528. The normalized spacial score (nSPS) is 14.4. The highest BCUT2D eigenvalue weighted by atomic mass is 79.9. The molecule has 0 fully saturated rings. The molecule has 1 aliphatic heterocycles. The Hall–Kier alpha value is -1.20. The van der Waals surface area contributed by atoms with Crippen molar-refractivity contribution < 1.29 is 4.79 Å². The largest absolute Gasteiger partial charge is 0.311 e. The molecule has 1 aromatic carbocycles. The van der Waals surface area contributed by atoms with Crippen molar-refractivity contribution in [2.24, 2.45) is 0 Å². The Morgan fingerprint density at radius 2 is 2.19 bits per heavy atom. The van der Waals surface area contributed by atoms with Crippen LogP contribution >= 0.6 is 27.3 Å². The molecule has 0 unspecified atom stereocenters. The summed E-state index contributed by atoms with van der Waals surface area (Å²) in [6, 6.07) is 6.27. The highest BCUT2D eigenvalue weighted by molar-refractivity contribution is 9.10. The van der Waals surface area contributed by atoms with Crippen LogP contribution in [0.15, 0.2) is 23.6 Å². The molecule has 0 saturated heterocycles. The van der Waals surface area contributed by atoms with E-state index in [1.807, 2.05) is 31.7 Å². The molecule has 0 atom stereocenters. The number of rotatable bonds is 2. The van der Waals surface area contributed by atoms with Crippen molar-refractivity contribution in [2.45, 2.75) is 31.5 Å². The van der Waals surface area contributed by atoms with Gasteiger partial charge in [0.25, 0.3) is 0 Å². The van der Waals surface area contributed by atoms with Crippen LogP contribution in [-0.4, -0.2) is 21.8 Å². The quantitative estimate of drug-likeness (QED) is 0.748. The zero-order valence-electron chi connectivity index (χ0n) is 12.3. The van der Waals surface area contributed by atoms with Crippen molar-refractivity contribution in [3.63, 3.8) is 0 Å². The lowest BCUT2D eigenvalue weighted by Gasteiger charge is -2.24. The molecule has 0 radical (unpaired) electrons. The summed E-state index contributed by atoms with van der Waals surface area (Å²) in [5, 5.41) is 3.15. The SMILES string of the molecule is Cc1nc(-c2ccc3c(c2)CCN3C(=O)C(C)(C)Br)cs1. The first kappa shape index (κ1) is 14.7. The Labute approximate surface area is 137 Å². The molecule has 1 aromatic heterocycles. The molecule has 5 heteroatoms. The minimum atomic E-state index is -0.528. The van der Waals surface area contributed by atoms with Gasteiger partial charge in [-0.3, -0.25) is 4.79 Å². The second-order valence-electron chi connectivity index (χ2n) is 5.77. The van der Waals surface area contributed by atoms with E-state index in [0.29, 0.717) is 0 Å². The summed E-state index contributed by atoms with van der Waals surface area (Å²) in [5.74, 6) is 0.110. The maximum absolute atomic E-state index is 12.5. The van der Waals surface area contributed by atoms with Crippen LogP contribution in [0.25, 0.3) is 11.3 Å². The second-order valence-corrected chi connectivity index (χ2v) is 8.82. The Bertz CT molecular complexity index is 703. The van der Waals surface area contributed by atoms with Crippen LogP contribution in [0.3, 0.4) is 0 Å². The van der Waals surface area contributed by atoms with Gasteiger partial charge in [0.2, 0.25) is 5.91 Å². The number of hydrogen-bond donors (Lipinski definition) is 0. The molecule has 0 saturated carbocycles. The molecule has 0 spiro atoms. The van der Waals surface area contributed by atoms with E-state index in [-0.39, 0.29) is 5.91 Å². The number of fused-ring (bicyclic) bond motifs is 1. The summed E-state index contributed by atoms with van der Waals surface area (Å²) in [7, 11) is 0. The molecule has 3 rings (SSSR count). The molecular weight excluding hydrogens is 348 g/mol. The predicted molar refractivity (Wildman–Crippen MR) is 91.4 cm³/mol. The maximum atomic E-state index is 12.5. The lowest BCUT2D eigenvalue weighted by molar-refractivity contribution is -0.119. The number of aryl methyl sites for hydroxylation is 1. The van der Waals surface area contributed by atoms with E-state index in [9.17, 15) is 4.79 Å². The van der Waals surface area contributed by atoms with Crippen LogP contribution in [0.2, 0.25) is 0 Å². The minimum absolute atomic E-state index is 0.110. The van der Waals surface area contributed by atoms with Crippen molar-refractivity contribution in [2.75, 3.05) is 11.4 Å². The fourth-order valence-electron chi connectivity index (χ4n) is 2.59. The zero-order chi connectivity index (χ0) is 15.2. The third-order valence-electron chi connectivity index (χ3n) is 3.64. The van der Waals surface area contributed by atoms with Gasteiger partial charge in [-0.25, -0.2) is 4.98 Å². The summed E-state index contributed by atoms with van der Waals surface area (Å²) >= 11 is 5.12. The molecule has 1 aliphatic rings. The lowest BCUT2D eigenvalue weighted by Crippen LogP contribution is -2.40. The number of halogens is 1. The molecule has 0 N–H and O–H groups in total. The van der Waals surface area contributed by atoms with Gasteiger partial charge >= 0.3 is 0 Å². The molecule has 2 heterocycles. The number of amides is 1. The van der Waals surface area contributed by atoms with Gasteiger partial charge in [0.15, 0.2) is 0 Å². The summed E-state index contributed by atoms with van der Waals surface area (Å²) in [4.78, 5) is 18.9. The molecule has 1 amide bonds. The van der Waals surface area contributed by atoms with Crippen LogP contribution in [-0.2, 0) is 11.2 Å². The van der Waals surface area contributed by atoms with Crippen LogP contribution in [0.5, 0.6) is 0 Å². The fourth-order valence-corrected chi connectivity index (χ4v) is 3.43. The first-order chi connectivity index (χ1) is 9.86. The number of carbonyl (C=O) groups excluding carboxylic acids is 1. The Morgan fingerprint density at radius 3 is 2.81 bits per heavy atom. The average molecular weight is 365 g/mol. The first-order valence-electron chi connectivity index (χ1n) is 6.92. The third kappa shape index (κ3) is 2.77. The molecule has 2 aromatic rings. The summed E-state index contributed by atoms with van der Waals surface area (Å²) in [6.45, 7) is 6.54. The van der Waals surface area contributed by atoms with Crippen molar-refractivity contribution >= 4 is 38.9 Å². The Kier molecular flexibility index (Phi) is 3.66. The third-order valence-corrected chi connectivity index (χ3v) is 4.76. The highest BCUT2D eigenvalue weighted by Crippen LogP contribution is 2.35. The number of hydrogen-bond acceptors (Lipinski definition) is 3. The van der Waals surface area contributed by atoms with Crippen molar-refractivity contribution in [1.82, 2.24) is 4.98 Å². The predicted octanol–water partition coefficient (Wildman–Crippen LogP) is 4.18. The van der Waals surface area contributed by atoms with Gasteiger partial charge in [0, 0.05) is 23.2 Å². The summed E-state index contributed by atoms with van der Waals surface area (Å²) in [6.07, 6.45) is 0.904. The maximum Gasteiger partial charge on any atom is 0.243 e. The van der Waals surface area contributed by atoms with E-state index >= 15 is 0 Å². The van der Waals surface area contributed by atoms with Gasteiger partial charge in [-0.1, -0.05) is 22.0 Å². The molecule has 0 aliphatic carbocycles. The van der Waals surface area contributed by atoms with Gasteiger partial charge < -0.3 is 4.90 Å². The number of aromatic nitrogens is 1. The van der Waals surface area contributed by atoms with E-state index in [2.05, 4.69) is 38.4 Å². The molecule has 3 nitrogen and oxygen atoms in total. The fraction of sp³-hybridized carbons (Fsp3) is 0.375. The monoisotopic (exact) mass is 364 g/mol. The molecule has 110 valence electrons. The molecule has 21 heavy (non-hydrogen) atoms. The zero-order valence-corrected chi connectivity index (χ0v) is 14.7. The van der Waals surface area contributed by atoms with Gasteiger partial charge in [-0.15, -0.1) is 11.3 Å². The van der Waals surface area contributed by atoms with E-state index in [1.54, 1.807) is 11.3 Å². The number of alkyl halides is 1. The first-order valence-corrected chi connectivity index (χ1v) is 8.60. The van der Waals surface area contributed by atoms with Crippen LogP contribution < -0.4 is 4.90 Å². The number of carbonyl (C=O) groups is 1. The number of nitrogens with zero attached hydrogens (tertiary/aromatic N) is 2. The summed E-state index contributed by atoms with van der Waals surface area (Å²) in [5.41, 5.74) is 4.41. The van der Waals surface area contributed by atoms with Gasteiger partial charge in [0.05, 0.1) is 15.0 Å². The van der Waals surface area contributed by atoms with E-state index in [0.717, 1.165) is 34.9 Å². The Balaban J connectivity index is 1.94. The van der Waals surface area contributed by atoms with Crippen LogP contribution in [0.1, 0.15) is 24.4 Å². The Morgan fingerprint density at radius 1 is 1.43 bits per heavy atom. The van der Waals surface area contributed by atoms with E-state index in [4.69, 9.17) is 0 Å². The van der Waals surface area contributed by atoms with Gasteiger partial charge in [-0.2, -0.15) is 0 Å². The molecule has 0 bridgehead atoms. The minimum Gasteiger partial charge on any atom is -0.311 e. The van der Waals surface area contributed by atoms with Crippen LogP contribution in [0.4, 0.5) is 5.69 Å². The number of thiazole rings is 1. The van der Waals surface area contributed by atoms with E-state index < -0.39 is 4.32 Å². The van der Waals surface area contributed by atoms with Crippen molar-refractivity contribution in [3.05, 3.63) is 34.2 Å². The highest BCUT2D eigenvalue weighted by Gasteiger charge is 2.33. The van der Waals surface area contributed by atoms with Crippen LogP contribution in [0, 0.1) is 6.92 Å².